The molecule has 2 heterocycles. The zero-order valence-electron chi connectivity index (χ0n) is 13.8. The first-order valence-electron chi connectivity index (χ1n) is 8.58. The number of aromatic nitrogens is 1. The van der Waals surface area contributed by atoms with Crippen molar-refractivity contribution in [1.82, 2.24) is 9.88 Å². The normalized spacial score (nSPS) is 18.5. The van der Waals surface area contributed by atoms with E-state index < -0.39 is 0 Å². The van der Waals surface area contributed by atoms with Gasteiger partial charge in [-0.2, -0.15) is 0 Å². The highest BCUT2D eigenvalue weighted by atomic mass is 35.5. The molecular weight excluding hydrogens is 336 g/mol. The smallest absolute Gasteiger partial charge is 0.0951 e. The Morgan fingerprint density at radius 2 is 2.08 bits per heavy atom. The van der Waals surface area contributed by atoms with Gasteiger partial charge in [0.05, 0.1) is 15.2 Å². The maximum atomic E-state index is 6.11. The average molecular weight is 357 g/mol. The first-order chi connectivity index (χ1) is 11.7. The molecule has 1 fully saturated rings. The Kier molecular flexibility index (Phi) is 4.57. The Labute approximate surface area is 152 Å². The number of rotatable bonds is 4. The Hall–Kier alpha value is -1.42. The standard InChI is InChI=1S/C20H21ClN2S/c1-14-4-3-10-23(14)11-9-20-22-18-13-16(7-8-19(18)24-20)15-5-2-6-17(21)12-15/h2,5-8,12-14H,3-4,9-11H2,1H3/t14-/m1/s1. The zero-order chi connectivity index (χ0) is 16.5. The average Bonchev–Trinajstić information content (AvgIpc) is 3.17. The van der Waals surface area contributed by atoms with E-state index in [0.29, 0.717) is 0 Å². The van der Waals surface area contributed by atoms with Crippen molar-refractivity contribution in [1.29, 1.82) is 0 Å². The summed E-state index contributed by atoms with van der Waals surface area (Å²) < 4.78 is 1.27. The number of benzene rings is 2. The Morgan fingerprint density at radius 1 is 1.21 bits per heavy atom. The SMILES string of the molecule is C[C@@H]1CCCN1CCc1nc2cc(-c3cccc(Cl)c3)ccc2s1. The van der Waals surface area contributed by atoms with Crippen LogP contribution in [0.2, 0.25) is 5.02 Å². The van der Waals surface area contributed by atoms with Gasteiger partial charge in [-0.15, -0.1) is 11.3 Å². The van der Waals surface area contributed by atoms with Crippen LogP contribution in [0.5, 0.6) is 0 Å². The van der Waals surface area contributed by atoms with Crippen LogP contribution in [0.1, 0.15) is 24.8 Å². The third-order valence-corrected chi connectivity index (χ3v) is 6.22. The topological polar surface area (TPSA) is 16.1 Å². The van der Waals surface area contributed by atoms with E-state index in [1.165, 1.54) is 34.7 Å². The predicted octanol–water partition coefficient (Wildman–Crippen LogP) is 5.64. The minimum atomic E-state index is 0.730. The highest BCUT2D eigenvalue weighted by molar-refractivity contribution is 7.18. The molecule has 0 spiro atoms. The van der Waals surface area contributed by atoms with Gasteiger partial charge in [0.15, 0.2) is 0 Å². The number of hydrogen-bond donors (Lipinski definition) is 0. The molecule has 1 aromatic heterocycles. The van der Waals surface area contributed by atoms with Crippen LogP contribution in [0.15, 0.2) is 42.5 Å². The van der Waals surface area contributed by atoms with Crippen LogP contribution >= 0.6 is 22.9 Å². The molecule has 4 heteroatoms. The summed E-state index contributed by atoms with van der Waals surface area (Å²) in [6, 6.07) is 15.3. The van der Waals surface area contributed by atoms with Crippen molar-refractivity contribution in [3.63, 3.8) is 0 Å². The van der Waals surface area contributed by atoms with Gasteiger partial charge < -0.3 is 4.90 Å². The van der Waals surface area contributed by atoms with Crippen molar-refractivity contribution >= 4 is 33.2 Å². The molecule has 0 bridgehead atoms. The fraction of sp³-hybridized carbons (Fsp3) is 0.350. The fourth-order valence-electron chi connectivity index (χ4n) is 3.49. The number of halogens is 1. The molecule has 24 heavy (non-hydrogen) atoms. The highest BCUT2D eigenvalue weighted by Crippen LogP contribution is 2.29. The molecule has 0 aliphatic carbocycles. The summed E-state index contributed by atoms with van der Waals surface area (Å²) in [7, 11) is 0. The zero-order valence-corrected chi connectivity index (χ0v) is 15.4. The lowest BCUT2D eigenvalue weighted by molar-refractivity contribution is 0.272. The van der Waals surface area contributed by atoms with Crippen LogP contribution in [0.3, 0.4) is 0 Å². The van der Waals surface area contributed by atoms with Crippen LogP contribution < -0.4 is 0 Å². The molecule has 0 amide bonds. The minimum absolute atomic E-state index is 0.730. The van der Waals surface area contributed by atoms with E-state index in [1.54, 1.807) is 0 Å². The number of likely N-dealkylation sites (tertiary alicyclic amines) is 1. The van der Waals surface area contributed by atoms with Crippen molar-refractivity contribution < 1.29 is 0 Å². The van der Waals surface area contributed by atoms with E-state index in [4.69, 9.17) is 16.6 Å². The second-order valence-electron chi connectivity index (χ2n) is 6.58. The molecule has 0 radical (unpaired) electrons. The lowest BCUT2D eigenvalue weighted by Gasteiger charge is -2.19. The molecule has 4 rings (SSSR count). The maximum Gasteiger partial charge on any atom is 0.0951 e. The Morgan fingerprint density at radius 3 is 2.88 bits per heavy atom. The Bertz CT molecular complexity index is 858. The molecule has 2 aromatic carbocycles. The largest absolute Gasteiger partial charge is 0.300 e. The Balaban J connectivity index is 1.55. The fourth-order valence-corrected chi connectivity index (χ4v) is 4.62. The van der Waals surface area contributed by atoms with Crippen LogP contribution in [-0.4, -0.2) is 29.0 Å². The number of hydrogen-bond acceptors (Lipinski definition) is 3. The third kappa shape index (κ3) is 3.34. The lowest BCUT2D eigenvalue weighted by atomic mass is 10.1. The quantitative estimate of drug-likeness (QED) is 0.601. The maximum absolute atomic E-state index is 6.11. The van der Waals surface area contributed by atoms with Gasteiger partial charge in [-0.1, -0.05) is 29.8 Å². The monoisotopic (exact) mass is 356 g/mol. The highest BCUT2D eigenvalue weighted by Gasteiger charge is 2.20. The summed E-state index contributed by atoms with van der Waals surface area (Å²) in [5, 5.41) is 2.01. The molecule has 1 atom stereocenters. The molecule has 1 aliphatic rings. The van der Waals surface area contributed by atoms with Gasteiger partial charge >= 0.3 is 0 Å². The van der Waals surface area contributed by atoms with Gasteiger partial charge in [0.2, 0.25) is 0 Å². The third-order valence-electron chi connectivity index (χ3n) is 4.89. The predicted molar refractivity (Wildman–Crippen MR) is 104 cm³/mol. The lowest BCUT2D eigenvalue weighted by Crippen LogP contribution is -2.28. The summed E-state index contributed by atoms with van der Waals surface area (Å²) in [5.41, 5.74) is 3.42. The van der Waals surface area contributed by atoms with E-state index in [9.17, 15) is 0 Å². The summed E-state index contributed by atoms with van der Waals surface area (Å²) in [6.45, 7) is 4.70. The second kappa shape index (κ2) is 6.83. The first kappa shape index (κ1) is 16.1. The van der Waals surface area contributed by atoms with Gasteiger partial charge in [-0.05, 0) is 61.7 Å². The number of thiazole rings is 1. The van der Waals surface area contributed by atoms with Crippen LogP contribution in [0.4, 0.5) is 0 Å². The molecule has 3 aromatic rings. The number of nitrogens with zero attached hydrogens (tertiary/aromatic N) is 2. The molecule has 0 unspecified atom stereocenters. The van der Waals surface area contributed by atoms with Crippen LogP contribution in [0.25, 0.3) is 21.3 Å². The molecule has 2 nitrogen and oxygen atoms in total. The van der Waals surface area contributed by atoms with E-state index >= 15 is 0 Å². The first-order valence-corrected chi connectivity index (χ1v) is 9.78. The molecule has 0 N–H and O–H groups in total. The van der Waals surface area contributed by atoms with E-state index in [0.717, 1.165) is 35.1 Å². The van der Waals surface area contributed by atoms with Gasteiger partial charge in [-0.3, -0.25) is 0 Å². The van der Waals surface area contributed by atoms with Crippen molar-refractivity contribution in [3.8, 4) is 11.1 Å². The van der Waals surface area contributed by atoms with Gasteiger partial charge in [0.1, 0.15) is 0 Å². The summed E-state index contributed by atoms with van der Waals surface area (Å²) in [6.07, 6.45) is 3.73. The molecule has 0 saturated carbocycles. The van der Waals surface area contributed by atoms with Crippen LogP contribution in [-0.2, 0) is 6.42 Å². The molecule has 1 saturated heterocycles. The molecule has 124 valence electrons. The van der Waals surface area contributed by atoms with Gasteiger partial charge in [0.25, 0.3) is 0 Å². The van der Waals surface area contributed by atoms with Gasteiger partial charge in [0, 0.05) is 24.0 Å². The summed E-state index contributed by atoms with van der Waals surface area (Å²) in [5.74, 6) is 0. The van der Waals surface area contributed by atoms with Crippen molar-refractivity contribution in [3.05, 3.63) is 52.5 Å². The summed E-state index contributed by atoms with van der Waals surface area (Å²) >= 11 is 7.94. The van der Waals surface area contributed by atoms with Crippen molar-refractivity contribution in [2.45, 2.75) is 32.2 Å². The van der Waals surface area contributed by atoms with Crippen molar-refractivity contribution in [2.24, 2.45) is 0 Å². The van der Waals surface area contributed by atoms with Crippen molar-refractivity contribution in [2.75, 3.05) is 13.1 Å². The number of fused-ring (bicyclic) bond motifs is 1. The second-order valence-corrected chi connectivity index (χ2v) is 8.13. The van der Waals surface area contributed by atoms with E-state index in [2.05, 4.69) is 36.1 Å². The molecule has 1 aliphatic heterocycles. The van der Waals surface area contributed by atoms with E-state index in [1.807, 2.05) is 29.5 Å². The van der Waals surface area contributed by atoms with Gasteiger partial charge in [-0.25, -0.2) is 4.98 Å². The minimum Gasteiger partial charge on any atom is -0.300 e. The molecular formula is C20H21ClN2S. The van der Waals surface area contributed by atoms with E-state index in [-0.39, 0.29) is 0 Å². The summed E-state index contributed by atoms with van der Waals surface area (Å²) in [4.78, 5) is 7.45. The van der Waals surface area contributed by atoms with Crippen LogP contribution in [0, 0.1) is 0 Å².